The molecule has 0 aliphatic heterocycles. The number of ether oxygens (including phenoxy) is 2. The molecule has 0 fully saturated rings. The highest BCUT2D eigenvalue weighted by Crippen LogP contribution is 2.40. The Kier molecular flexibility index (Phi) is 4.36. The summed E-state index contributed by atoms with van der Waals surface area (Å²) >= 11 is 0. The van der Waals surface area contributed by atoms with Crippen molar-refractivity contribution in [2.75, 3.05) is 13.2 Å². The predicted octanol–water partition coefficient (Wildman–Crippen LogP) is 4.82. The van der Waals surface area contributed by atoms with Crippen LogP contribution in [0.2, 0.25) is 0 Å². The summed E-state index contributed by atoms with van der Waals surface area (Å²) in [6, 6.07) is 18.5. The van der Waals surface area contributed by atoms with E-state index in [4.69, 9.17) is 24.1 Å². The topological polar surface area (TPSA) is 106 Å². The van der Waals surface area contributed by atoms with Gasteiger partial charge in [-0.25, -0.2) is 9.59 Å². The van der Waals surface area contributed by atoms with Gasteiger partial charge in [-0.1, -0.05) is 24.3 Å². The van der Waals surface area contributed by atoms with Crippen LogP contribution >= 0.6 is 0 Å². The van der Waals surface area contributed by atoms with Crippen molar-refractivity contribution >= 4 is 55.4 Å². The number of furan rings is 1. The maximum absolute atomic E-state index is 10.9. The van der Waals surface area contributed by atoms with Gasteiger partial charge in [0.25, 0.3) is 0 Å². The van der Waals surface area contributed by atoms with Gasteiger partial charge in [0.2, 0.25) is 0 Å². The van der Waals surface area contributed by atoms with E-state index in [-0.39, 0.29) is 0 Å². The zero-order valence-electron chi connectivity index (χ0n) is 16.1. The van der Waals surface area contributed by atoms with Crippen molar-refractivity contribution in [3.8, 4) is 11.5 Å². The van der Waals surface area contributed by atoms with Crippen LogP contribution in [-0.4, -0.2) is 35.4 Å². The van der Waals surface area contributed by atoms with Crippen LogP contribution in [0.4, 0.5) is 0 Å². The summed E-state index contributed by atoms with van der Waals surface area (Å²) in [5, 5.41) is 23.2. The molecule has 7 heteroatoms. The smallest absolute Gasteiger partial charge is 0.341 e. The van der Waals surface area contributed by atoms with Gasteiger partial charge in [0, 0.05) is 10.8 Å². The van der Waals surface area contributed by atoms with Gasteiger partial charge < -0.3 is 24.1 Å². The summed E-state index contributed by atoms with van der Waals surface area (Å²) < 4.78 is 16.8. The fourth-order valence-corrected chi connectivity index (χ4v) is 3.83. The molecule has 1 heterocycles. The molecule has 0 aliphatic carbocycles. The lowest BCUT2D eigenvalue weighted by atomic mass is 9.99. The number of fused-ring (bicyclic) bond motifs is 7. The standard InChI is InChI=1S/C24H16O7/c25-21(26)11-29-15-5-1-13-3-7-19-23(17(13)9-15)24-18-10-16(30-12-22(27)28)6-2-14(18)4-8-20(24)31-19/h1-10H,11-12H2,(H,25,26)(H,27,28). The zero-order chi connectivity index (χ0) is 21.5. The lowest BCUT2D eigenvalue weighted by Crippen LogP contribution is -2.09. The summed E-state index contributed by atoms with van der Waals surface area (Å²) in [4.78, 5) is 21.7. The second-order valence-corrected chi connectivity index (χ2v) is 7.11. The van der Waals surface area contributed by atoms with Crippen LogP contribution in [0.3, 0.4) is 0 Å². The van der Waals surface area contributed by atoms with Crippen LogP contribution in [0.15, 0.2) is 65.1 Å². The Balaban J connectivity index is 1.78. The van der Waals surface area contributed by atoms with Crippen LogP contribution in [0, 0.1) is 0 Å². The highest BCUT2D eigenvalue weighted by Gasteiger charge is 2.15. The second kappa shape index (κ2) is 7.21. The Morgan fingerprint density at radius 3 is 1.52 bits per heavy atom. The maximum Gasteiger partial charge on any atom is 0.341 e. The first-order chi connectivity index (χ1) is 15.0. The molecule has 0 saturated carbocycles. The Morgan fingerprint density at radius 2 is 1.10 bits per heavy atom. The predicted molar refractivity (Wildman–Crippen MR) is 115 cm³/mol. The van der Waals surface area contributed by atoms with Crippen molar-refractivity contribution in [3.05, 3.63) is 60.7 Å². The molecule has 0 bridgehead atoms. The van der Waals surface area contributed by atoms with Gasteiger partial charge >= 0.3 is 11.9 Å². The van der Waals surface area contributed by atoms with E-state index in [1.165, 1.54) is 0 Å². The number of carbonyl (C=O) groups is 2. The van der Waals surface area contributed by atoms with E-state index in [1.807, 2.05) is 36.4 Å². The quantitative estimate of drug-likeness (QED) is 0.409. The molecule has 4 aromatic carbocycles. The second-order valence-electron chi connectivity index (χ2n) is 7.11. The molecule has 0 saturated heterocycles. The Morgan fingerprint density at radius 1 is 0.677 bits per heavy atom. The van der Waals surface area contributed by atoms with E-state index in [9.17, 15) is 9.59 Å². The normalized spacial score (nSPS) is 11.4. The average molecular weight is 416 g/mol. The fraction of sp³-hybridized carbons (Fsp3) is 0.0833. The van der Waals surface area contributed by atoms with Gasteiger partial charge in [0.1, 0.15) is 22.7 Å². The van der Waals surface area contributed by atoms with Crippen LogP contribution in [-0.2, 0) is 9.59 Å². The summed E-state index contributed by atoms with van der Waals surface area (Å²) in [5.74, 6) is -1.20. The third kappa shape index (κ3) is 3.36. The molecule has 1 aromatic heterocycles. The Hall–Kier alpha value is -4.26. The first kappa shape index (κ1) is 18.7. The fourth-order valence-electron chi connectivity index (χ4n) is 3.83. The van der Waals surface area contributed by atoms with E-state index in [1.54, 1.807) is 24.3 Å². The van der Waals surface area contributed by atoms with Gasteiger partial charge in [-0.05, 0) is 57.9 Å². The summed E-state index contributed by atoms with van der Waals surface area (Å²) in [6.45, 7) is -0.859. The monoisotopic (exact) mass is 416 g/mol. The number of rotatable bonds is 6. The number of aliphatic carboxylic acids is 2. The Labute approximate surface area is 175 Å². The summed E-state index contributed by atoms with van der Waals surface area (Å²) in [5.41, 5.74) is 1.37. The molecule has 0 radical (unpaired) electrons. The number of carboxylic acid groups (broad SMARTS) is 2. The molecule has 2 N–H and O–H groups in total. The SMILES string of the molecule is O=C(O)COc1ccc2ccc3oc4ccc5ccc(OCC(=O)O)cc5c4c3c2c1. The molecule has 154 valence electrons. The van der Waals surface area contributed by atoms with Crippen molar-refractivity contribution in [3.63, 3.8) is 0 Å². The molecular weight excluding hydrogens is 400 g/mol. The number of carboxylic acids is 2. The zero-order valence-corrected chi connectivity index (χ0v) is 16.1. The molecule has 5 aromatic rings. The molecule has 0 unspecified atom stereocenters. The van der Waals surface area contributed by atoms with E-state index in [0.717, 1.165) is 32.3 Å². The number of benzene rings is 4. The minimum absolute atomic E-state index is 0.430. The van der Waals surface area contributed by atoms with Crippen LogP contribution in [0.1, 0.15) is 0 Å². The lowest BCUT2D eigenvalue weighted by molar-refractivity contribution is -0.140. The van der Waals surface area contributed by atoms with E-state index in [2.05, 4.69) is 0 Å². The van der Waals surface area contributed by atoms with E-state index >= 15 is 0 Å². The van der Waals surface area contributed by atoms with Gasteiger partial charge in [0.15, 0.2) is 13.2 Å². The molecule has 7 nitrogen and oxygen atoms in total. The van der Waals surface area contributed by atoms with Gasteiger partial charge in [-0.3, -0.25) is 0 Å². The van der Waals surface area contributed by atoms with Crippen molar-refractivity contribution in [1.29, 1.82) is 0 Å². The molecule has 31 heavy (non-hydrogen) atoms. The van der Waals surface area contributed by atoms with Crippen LogP contribution < -0.4 is 9.47 Å². The number of hydrogen-bond acceptors (Lipinski definition) is 5. The van der Waals surface area contributed by atoms with Crippen LogP contribution in [0.5, 0.6) is 11.5 Å². The molecule has 0 amide bonds. The Bertz CT molecular complexity index is 1380. The van der Waals surface area contributed by atoms with Crippen molar-refractivity contribution < 1.29 is 33.7 Å². The van der Waals surface area contributed by atoms with Crippen molar-refractivity contribution in [1.82, 2.24) is 0 Å². The highest BCUT2D eigenvalue weighted by molar-refractivity contribution is 6.26. The van der Waals surface area contributed by atoms with E-state index in [0.29, 0.717) is 22.7 Å². The number of hydrogen-bond donors (Lipinski definition) is 2. The highest BCUT2D eigenvalue weighted by atomic mass is 16.5. The first-order valence-corrected chi connectivity index (χ1v) is 9.50. The summed E-state index contributed by atoms with van der Waals surface area (Å²) in [6.07, 6.45) is 0. The van der Waals surface area contributed by atoms with Gasteiger partial charge in [-0.15, -0.1) is 0 Å². The average Bonchev–Trinajstić information content (AvgIpc) is 3.15. The van der Waals surface area contributed by atoms with Crippen molar-refractivity contribution in [2.45, 2.75) is 0 Å². The first-order valence-electron chi connectivity index (χ1n) is 9.50. The minimum atomic E-state index is -1.05. The largest absolute Gasteiger partial charge is 0.482 e. The molecule has 0 aliphatic rings. The van der Waals surface area contributed by atoms with Crippen molar-refractivity contribution in [2.24, 2.45) is 0 Å². The van der Waals surface area contributed by atoms with E-state index < -0.39 is 25.2 Å². The third-order valence-corrected chi connectivity index (χ3v) is 5.10. The molecular formula is C24H16O7. The summed E-state index contributed by atoms with van der Waals surface area (Å²) in [7, 11) is 0. The third-order valence-electron chi connectivity index (χ3n) is 5.10. The lowest BCUT2D eigenvalue weighted by Gasteiger charge is -2.08. The van der Waals surface area contributed by atoms with Gasteiger partial charge in [0.05, 0.1) is 0 Å². The molecule has 0 atom stereocenters. The van der Waals surface area contributed by atoms with Crippen LogP contribution in [0.25, 0.3) is 43.5 Å². The molecule has 0 spiro atoms. The van der Waals surface area contributed by atoms with Gasteiger partial charge in [-0.2, -0.15) is 0 Å². The molecule has 5 rings (SSSR count). The maximum atomic E-state index is 10.9. The minimum Gasteiger partial charge on any atom is -0.482 e.